The van der Waals surface area contributed by atoms with Crippen molar-refractivity contribution in [2.45, 2.75) is 19.8 Å². The minimum Gasteiger partial charge on any atom is -0.497 e. The molecule has 1 aliphatic rings. The van der Waals surface area contributed by atoms with Crippen molar-refractivity contribution in [1.29, 1.82) is 0 Å². The molecule has 1 atom stereocenters. The van der Waals surface area contributed by atoms with E-state index in [1.165, 1.54) is 0 Å². The Bertz CT molecular complexity index is 1450. The molecule has 0 aliphatic carbocycles. The second-order valence-electron chi connectivity index (χ2n) is 7.75. The monoisotopic (exact) mass is 424 g/mol. The lowest BCUT2D eigenvalue weighted by Crippen LogP contribution is -2.16. The Morgan fingerprint density at radius 2 is 1.72 bits per heavy atom. The normalized spacial score (nSPS) is 14.7. The Balaban J connectivity index is 1.65. The summed E-state index contributed by atoms with van der Waals surface area (Å²) in [5.74, 6) is 2.48. The van der Waals surface area contributed by atoms with Gasteiger partial charge in [0.15, 0.2) is 5.65 Å². The zero-order valence-electron chi connectivity index (χ0n) is 17.9. The van der Waals surface area contributed by atoms with Crippen LogP contribution in [0.25, 0.3) is 11.3 Å². The van der Waals surface area contributed by atoms with Gasteiger partial charge in [0.25, 0.3) is 0 Å². The molecule has 3 aromatic heterocycles. The molecule has 158 valence electrons. The number of nitrogens with zero attached hydrogens (tertiary/aromatic N) is 6. The second kappa shape index (κ2) is 6.91. The number of fused-ring (bicyclic) bond motifs is 4. The number of hydrogen-bond donors (Lipinski definition) is 0. The van der Waals surface area contributed by atoms with Crippen molar-refractivity contribution >= 4 is 5.65 Å². The van der Waals surface area contributed by atoms with Crippen molar-refractivity contribution in [2.24, 2.45) is 0 Å². The summed E-state index contributed by atoms with van der Waals surface area (Å²) in [5.41, 5.74) is 5.47. The molecular formula is C24H20N6O2. The van der Waals surface area contributed by atoms with Crippen LogP contribution in [0.5, 0.6) is 17.5 Å². The summed E-state index contributed by atoms with van der Waals surface area (Å²) in [6.07, 6.45) is 1.64. The highest BCUT2D eigenvalue weighted by Crippen LogP contribution is 2.49. The molecule has 0 unspecified atom stereocenters. The predicted octanol–water partition coefficient (Wildman–Crippen LogP) is 4.22. The topological polar surface area (TPSA) is 79.4 Å². The lowest BCUT2D eigenvalue weighted by atomic mass is 9.84. The number of para-hydroxylation sites is 1. The quantitative estimate of drug-likeness (QED) is 0.423. The van der Waals surface area contributed by atoms with Gasteiger partial charge >= 0.3 is 0 Å². The Morgan fingerprint density at radius 1 is 0.938 bits per heavy atom. The van der Waals surface area contributed by atoms with Gasteiger partial charge in [0.05, 0.1) is 35.5 Å². The van der Waals surface area contributed by atoms with E-state index in [0.29, 0.717) is 17.6 Å². The van der Waals surface area contributed by atoms with Crippen molar-refractivity contribution in [3.63, 3.8) is 0 Å². The van der Waals surface area contributed by atoms with Crippen molar-refractivity contribution in [2.75, 3.05) is 7.11 Å². The molecule has 0 saturated heterocycles. The standard InChI is InChI=1S/C24H20N6O2/c1-14-19-20(16-9-11-18(31-3)12-10-16)21-22-26-15(2)28-29(22)13-25-23(21)32-24(19)30(27-14)17-7-5-4-6-8-17/h4-13,20H,1-3H3/t20-/m0/s1. The molecule has 2 aromatic carbocycles. The first-order valence-corrected chi connectivity index (χ1v) is 10.3. The molecule has 0 bridgehead atoms. The van der Waals surface area contributed by atoms with E-state index in [1.54, 1.807) is 18.0 Å². The van der Waals surface area contributed by atoms with Crippen LogP contribution < -0.4 is 9.47 Å². The van der Waals surface area contributed by atoms with Crippen LogP contribution in [-0.2, 0) is 0 Å². The average molecular weight is 424 g/mol. The van der Waals surface area contributed by atoms with E-state index in [0.717, 1.165) is 39.5 Å². The molecule has 8 nitrogen and oxygen atoms in total. The highest BCUT2D eigenvalue weighted by molar-refractivity contribution is 5.66. The van der Waals surface area contributed by atoms with Crippen molar-refractivity contribution in [1.82, 2.24) is 29.4 Å². The van der Waals surface area contributed by atoms with Gasteiger partial charge in [-0.3, -0.25) is 0 Å². The van der Waals surface area contributed by atoms with Crippen LogP contribution in [0.15, 0.2) is 60.9 Å². The highest BCUT2D eigenvalue weighted by atomic mass is 16.5. The van der Waals surface area contributed by atoms with Gasteiger partial charge in [-0.25, -0.2) is 19.2 Å². The van der Waals surface area contributed by atoms with Crippen LogP contribution in [0.4, 0.5) is 0 Å². The molecule has 32 heavy (non-hydrogen) atoms. The molecule has 0 amide bonds. The molecule has 1 aliphatic heterocycles. The summed E-state index contributed by atoms with van der Waals surface area (Å²) >= 11 is 0. The lowest BCUT2D eigenvalue weighted by molar-refractivity contribution is 0.402. The zero-order valence-corrected chi connectivity index (χ0v) is 17.9. The van der Waals surface area contributed by atoms with E-state index in [-0.39, 0.29) is 5.92 Å². The lowest BCUT2D eigenvalue weighted by Gasteiger charge is -2.26. The third-order valence-electron chi connectivity index (χ3n) is 5.78. The molecule has 0 N–H and O–H groups in total. The number of hydrogen-bond acceptors (Lipinski definition) is 6. The Morgan fingerprint density at radius 3 is 2.47 bits per heavy atom. The highest BCUT2D eigenvalue weighted by Gasteiger charge is 2.38. The summed E-state index contributed by atoms with van der Waals surface area (Å²) in [5, 5.41) is 9.29. The van der Waals surface area contributed by atoms with E-state index in [2.05, 4.69) is 27.2 Å². The van der Waals surface area contributed by atoms with Gasteiger partial charge in [0, 0.05) is 0 Å². The Kier molecular flexibility index (Phi) is 4.01. The van der Waals surface area contributed by atoms with Crippen molar-refractivity contribution < 1.29 is 9.47 Å². The summed E-state index contributed by atoms with van der Waals surface area (Å²) in [4.78, 5) is 9.27. The van der Waals surface area contributed by atoms with Crippen LogP contribution in [-0.4, -0.2) is 36.5 Å². The van der Waals surface area contributed by atoms with Crippen LogP contribution in [0, 0.1) is 13.8 Å². The molecule has 5 aromatic rings. The van der Waals surface area contributed by atoms with Gasteiger partial charge in [-0.05, 0) is 43.7 Å². The van der Waals surface area contributed by atoms with E-state index in [4.69, 9.17) is 14.6 Å². The zero-order chi connectivity index (χ0) is 21.8. The molecule has 0 saturated carbocycles. The number of rotatable bonds is 3. The first-order valence-electron chi connectivity index (χ1n) is 10.3. The largest absolute Gasteiger partial charge is 0.497 e. The van der Waals surface area contributed by atoms with Gasteiger partial charge in [-0.2, -0.15) is 10.2 Å². The number of ether oxygens (including phenoxy) is 2. The van der Waals surface area contributed by atoms with Gasteiger partial charge in [-0.1, -0.05) is 30.3 Å². The number of aromatic nitrogens is 6. The van der Waals surface area contributed by atoms with Gasteiger partial charge in [-0.15, -0.1) is 0 Å². The summed E-state index contributed by atoms with van der Waals surface area (Å²) in [6, 6.07) is 18.0. The van der Waals surface area contributed by atoms with Crippen molar-refractivity contribution in [3.8, 4) is 23.2 Å². The predicted molar refractivity (Wildman–Crippen MR) is 118 cm³/mol. The molecule has 0 fully saturated rings. The van der Waals surface area contributed by atoms with Crippen molar-refractivity contribution in [3.05, 3.63) is 89.1 Å². The fourth-order valence-corrected chi connectivity index (χ4v) is 4.36. The third kappa shape index (κ3) is 2.69. The van der Waals surface area contributed by atoms with E-state index >= 15 is 0 Å². The van der Waals surface area contributed by atoms with Crippen LogP contribution >= 0.6 is 0 Å². The molecule has 0 spiro atoms. The molecular weight excluding hydrogens is 404 g/mol. The molecule has 6 rings (SSSR count). The maximum Gasteiger partial charge on any atom is 0.230 e. The Hall–Kier alpha value is -4.20. The minimum atomic E-state index is -0.170. The number of methoxy groups -OCH3 is 1. The minimum absolute atomic E-state index is 0.170. The summed E-state index contributed by atoms with van der Waals surface area (Å²) in [7, 11) is 1.66. The first-order chi connectivity index (χ1) is 15.6. The maximum absolute atomic E-state index is 6.38. The summed E-state index contributed by atoms with van der Waals surface area (Å²) < 4.78 is 15.3. The van der Waals surface area contributed by atoms with E-state index < -0.39 is 0 Å². The second-order valence-corrected chi connectivity index (χ2v) is 7.75. The van der Waals surface area contributed by atoms with Crippen LogP contribution in [0.3, 0.4) is 0 Å². The fourth-order valence-electron chi connectivity index (χ4n) is 4.36. The van der Waals surface area contributed by atoms with Gasteiger partial charge < -0.3 is 9.47 Å². The maximum atomic E-state index is 6.38. The molecule has 4 heterocycles. The van der Waals surface area contributed by atoms with Crippen LogP contribution in [0.2, 0.25) is 0 Å². The Labute approximate surface area is 184 Å². The van der Waals surface area contributed by atoms with E-state index in [1.807, 2.05) is 61.0 Å². The fraction of sp³-hybridized carbons (Fsp3) is 0.167. The number of aryl methyl sites for hydroxylation is 2. The smallest absolute Gasteiger partial charge is 0.230 e. The van der Waals surface area contributed by atoms with Crippen LogP contribution in [0.1, 0.15) is 34.1 Å². The van der Waals surface area contributed by atoms with E-state index in [9.17, 15) is 0 Å². The summed E-state index contributed by atoms with van der Waals surface area (Å²) in [6.45, 7) is 3.88. The first kappa shape index (κ1) is 18.6. The SMILES string of the molecule is COc1ccc([C@H]2c3c(C)nn(-c4ccccc4)c3Oc3ncn4nc(C)nc4c32)cc1. The van der Waals surface area contributed by atoms with Gasteiger partial charge in [0.1, 0.15) is 17.9 Å². The van der Waals surface area contributed by atoms with Gasteiger partial charge in [0.2, 0.25) is 11.8 Å². The average Bonchev–Trinajstić information content (AvgIpc) is 3.37. The molecule has 8 heteroatoms. The number of benzene rings is 2. The molecule has 0 radical (unpaired) electrons. The third-order valence-corrected chi connectivity index (χ3v) is 5.78.